The minimum absolute atomic E-state index is 0.0757. The van der Waals surface area contributed by atoms with E-state index in [1.807, 2.05) is 18.2 Å². The first kappa shape index (κ1) is 19.8. The summed E-state index contributed by atoms with van der Waals surface area (Å²) >= 11 is 0. The molecule has 2 N–H and O–H groups in total. The molecule has 0 unspecified atom stereocenters. The Morgan fingerprint density at radius 2 is 1.77 bits per heavy atom. The molecule has 1 aromatic carbocycles. The molecule has 140 valence electrons. The molecule has 0 spiro atoms. The van der Waals surface area contributed by atoms with E-state index in [0.29, 0.717) is 18.0 Å². The van der Waals surface area contributed by atoms with Gasteiger partial charge in [-0.1, -0.05) is 13.8 Å². The van der Waals surface area contributed by atoms with Crippen LogP contribution in [0.5, 0.6) is 0 Å². The van der Waals surface area contributed by atoms with E-state index in [-0.39, 0.29) is 5.91 Å². The van der Waals surface area contributed by atoms with Crippen molar-refractivity contribution >= 4 is 23.1 Å². The number of aromatic nitrogens is 1. The molecule has 0 aliphatic heterocycles. The smallest absolute Gasteiger partial charge is 0.252 e. The van der Waals surface area contributed by atoms with Crippen LogP contribution in [-0.2, 0) is 0 Å². The van der Waals surface area contributed by atoms with Crippen molar-refractivity contribution in [2.75, 3.05) is 29.9 Å². The zero-order chi connectivity index (χ0) is 18.9. The van der Waals surface area contributed by atoms with E-state index in [2.05, 4.69) is 60.3 Å². The van der Waals surface area contributed by atoms with Crippen LogP contribution in [0.15, 0.2) is 42.6 Å². The van der Waals surface area contributed by atoms with Crippen molar-refractivity contribution < 1.29 is 4.79 Å². The highest BCUT2D eigenvalue weighted by molar-refractivity contribution is 5.94. The third kappa shape index (κ3) is 5.76. The zero-order valence-corrected chi connectivity index (χ0v) is 16.2. The van der Waals surface area contributed by atoms with Crippen molar-refractivity contribution in [1.82, 2.24) is 10.3 Å². The Kier molecular flexibility index (Phi) is 7.45. The highest BCUT2D eigenvalue weighted by Crippen LogP contribution is 2.20. The predicted molar refractivity (Wildman–Crippen MR) is 109 cm³/mol. The van der Waals surface area contributed by atoms with Gasteiger partial charge in [0.25, 0.3) is 5.91 Å². The molecule has 0 saturated carbocycles. The van der Waals surface area contributed by atoms with Crippen LogP contribution < -0.4 is 15.5 Å². The largest absolute Gasteiger partial charge is 0.372 e. The molecule has 2 aromatic rings. The SMILES string of the molecule is CCN(CC)c1ccc(Nc2ccc(C(=O)NCCC(C)C)cn2)cc1. The maximum Gasteiger partial charge on any atom is 0.252 e. The van der Waals surface area contributed by atoms with E-state index in [1.165, 1.54) is 5.69 Å². The Morgan fingerprint density at radius 1 is 1.08 bits per heavy atom. The van der Waals surface area contributed by atoms with Gasteiger partial charge in [0.2, 0.25) is 0 Å². The fourth-order valence-electron chi connectivity index (χ4n) is 2.67. The second-order valence-corrected chi connectivity index (χ2v) is 6.71. The van der Waals surface area contributed by atoms with Crippen LogP contribution in [0.25, 0.3) is 0 Å². The van der Waals surface area contributed by atoms with Gasteiger partial charge in [0.05, 0.1) is 5.56 Å². The summed E-state index contributed by atoms with van der Waals surface area (Å²) in [6.45, 7) is 11.3. The van der Waals surface area contributed by atoms with Crippen molar-refractivity contribution in [3.05, 3.63) is 48.2 Å². The molecule has 0 fully saturated rings. The normalized spacial score (nSPS) is 10.7. The molecule has 0 saturated heterocycles. The van der Waals surface area contributed by atoms with Crippen LogP contribution in [0.2, 0.25) is 0 Å². The Labute approximate surface area is 156 Å². The summed E-state index contributed by atoms with van der Waals surface area (Å²) in [6, 6.07) is 11.9. The average Bonchev–Trinajstić information content (AvgIpc) is 2.64. The summed E-state index contributed by atoms with van der Waals surface area (Å²) in [6.07, 6.45) is 2.58. The number of nitrogens with one attached hydrogen (secondary N) is 2. The third-order valence-electron chi connectivity index (χ3n) is 4.30. The van der Waals surface area contributed by atoms with Gasteiger partial charge in [-0.2, -0.15) is 0 Å². The van der Waals surface area contributed by atoms with Gasteiger partial charge in [-0.15, -0.1) is 0 Å². The quantitative estimate of drug-likeness (QED) is 0.699. The van der Waals surface area contributed by atoms with Crippen molar-refractivity contribution in [3.63, 3.8) is 0 Å². The minimum Gasteiger partial charge on any atom is -0.372 e. The summed E-state index contributed by atoms with van der Waals surface area (Å²) < 4.78 is 0. The first-order valence-electron chi connectivity index (χ1n) is 9.39. The summed E-state index contributed by atoms with van der Waals surface area (Å²) in [5, 5.41) is 6.19. The molecule has 1 aromatic heterocycles. The van der Waals surface area contributed by atoms with Crippen LogP contribution >= 0.6 is 0 Å². The van der Waals surface area contributed by atoms with Gasteiger partial charge in [-0.25, -0.2) is 4.98 Å². The molecule has 5 nitrogen and oxygen atoms in total. The zero-order valence-electron chi connectivity index (χ0n) is 16.2. The topological polar surface area (TPSA) is 57.3 Å². The number of anilines is 3. The lowest BCUT2D eigenvalue weighted by Gasteiger charge is -2.21. The number of benzene rings is 1. The fourth-order valence-corrected chi connectivity index (χ4v) is 2.67. The number of carbonyl (C=O) groups excluding carboxylic acids is 1. The van der Waals surface area contributed by atoms with Gasteiger partial charge in [0.15, 0.2) is 0 Å². The van der Waals surface area contributed by atoms with Crippen molar-refractivity contribution in [1.29, 1.82) is 0 Å². The fraction of sp³-hybridized carbons (Fsp3) is 0.429. The third-order valence-corrected chi connectivity index (χ3v) is 4.30. The van der Waals surface area contributed by atoms with E-state index < -0.39 is 0 Å². The van der Waals surface area contributed by atoms with Gasteiger partial charge in [0.1, 0.15) is 5.82 Å². The number of hydrogen-bond donors (Lipinski definition) is 2. The molecule has 0 radical (unpaired) electrons. The van der Waals surface area contributed by atoms with Gasteiger partial charge < -0.3 is 15.5 Å². The van der Waals surface area contributed by atoms with E-state index >= 15 is 0 Å². The predicted octanol–water partition coefficient (Wildman–Crippen LogP) is 4.45. The second kappa shape index (κ2) is 9.80. The lowest BCUT2D eigenvalue weighted by atomic mass is 10.1. The molecule has 2 rings (SSSR count). The number of rotatable bonds is 9. The molecule has 5 heteroatoms. The highest BCUT2D eigenvalue weighted by atomic mass is 16.1. The van der Waals surface area contributed by atoms with Crippen molar-refractivity contribution in [3.8, 4) is 0 Å². The molecule has 1 amide bonds. The maximum absolute atomic E-state index is 12.1. The molecule has 26 heavy (non-hydrogen) atoms. The Balaban J connectivity index is 1.93. The monoisotopic (exact) mass is 354 g/mol. The Bertz CT molecular complexity index is 676. The van der Waals surface area contributed by atoms with Crippen LogP contribution in [0.1, 0.15) is 44.5 Å². The van der Waals surface area contributed by atoms with Gasteiger partial charge in [0, 0.05) is 37.2 Å². The van der Waals surface area contributed by atoms with Crippen LogP contribution in [0.3, 0.4) is 0 Å². The molecule has 0 aliphatic rings. The first-order valence-corrected chi connectivity index (χ1v) is 9.39. The Hall–Kier alpha value is -2.56. The lowest BCUT2D eigenvalue weighted by Crippen LogP contribution is -2.25. The molecule has 0 aliphatic carbocycles. The standard InChI is InChI=1S/C21H30N4O/c1-5-25(6-2)19-10-8-18(9-11-19)24-20-12-7-17(15-23-20)21(26)22-14-13-16(3)4/h7-12,15-16H,5-6,13-14H2,1-4H3,(H,22,26)(H,23,24). The molecule has 0 bridgehead atoms. The van der Waals surface area contributed by atoms with Gasteiger partial charge in [-0.05, 0) is 62.6 Å². The highest BCUT2D eigenvalue weighted by Gasteiger charge is 2.07. The van der Waals surface area contributed by atoms with E-state index in [0.717, 1.165) is 31.0 Å². The summed E-state index contributed by atoms with van der Waals surface area (Å²) in [4.78, 5) is 18.7. The minimum atomic E-state index is -0.0757. The number of nitrogens with zero attached hydrogens (tertiary/aromatic N) is 2. The van der Waals surface area contributed by atoms with E-state index in [1.54, 1.807) is 12.3 Å². The number of carbonyl (C=O) groups is 1. The van der Waals surface area contributed by atoms with E-state index in [9.17, 15) is 4.79 Å². The summed E-state index contributed by atoms with van der Waals surface area (Å²) in [7, 11) is 0. The van der Waals surface area contributed by atoms with Crippen LogP contribution in [0, 0.1) is 5.92 Å². The summed E-state index contributed by atoms with van der Waals surface area (Å²) in [5.74, 6) is 1.22. The lowest BCUT2D eigenvalue weighted by molar-refractivity contribution is 0.0951. The van der Waals surface area contributed by atoms with E-state index in [4.69, 9.17) is 0 Å². The van der Waals surface area contributed by atoms with Crippen molar-refractivity contribution in [2.45, 2.75) is 34.1 Å². The molecule has 1 heterocycles. The number of pyridine rings is 1. The summed E-state index contributed by atoms with van der Waals surface area (Å²) in [5.41, 5.74) is 2.76. The molecular weight excluding hydrogens is 324 g/mol. The maximum atomic E-state index is 12.1. The van der Waals surface area contributed by atoms with Gasteiger partial charge >= 0.3 is 0 Å². The Morgan fingerprint density at radius 3 is 2.31 bits per heavy atom. The first-order chi connectivity index (χ1) is 12.5. The van der Waals surface area contributed by atoms with Gasteiger partial charge in [-0.3, -0.25) is 4.79 Å². The molecule has 0 atom stereocenters. The number of amides is 1. The van der Waals surface area contributed by atoms with Crippen molar-refractivity contribution in [2.24, 2.45) is 5.92 Å². The molecular formula is C21H30N4O. The average molecular weight is 354 g/mol. The number of hydrogen-bond acceptors (Lipinski definition) is 4. The van der Waals surface area contributed by atoms with Crippen LogP contribution in [-0.4, -0.2) is 30.5 Å². The second-order valence-electron chi connectivity index (χ2n) is 6.71. The van der Waals surface area contributed by atoms with Crippen LogP contribution in [0.4, 0.5) is 17.2 Å².